The number of ether oxygens (including phenoxy) is 3. The normalized spacial score (nSPS) is 28.2. The summed E-state index contributed by atoms with van der Waals surface area (Å²) in [5, 5.41) is 10.0. The number of methoxy groups -OCH3 is 1. The van der Waals surface area contributed by atoms with Crippen molar-refractivity contribution < 1.29 is 28.4 Å². The van der Waals surface area contributed by atoms with Gasteiger partial charge in [-0.15, -0.1) is 0 Å². The highest BCUT2D eigenvalue weighted by Crippen LogP contribution is 2.41. The van der Waals surface area contributed by atoms with E-state index in [0.717, 1.165) is 4.57 Å². The summed E-state index contributed by atoms with van der Waals surface area (Å²) in [6, 6.07) is 0. The minimum atomic E-state index is -2.68. The Labute approximate surface area is 155 Å². The molecular weight excluding hydrogens is 387 g/mol. The average Bonchev–Trinajstić information content (AvgIpc) is 2.89. The number of hydrogen-bond donors (Lipinski definition) is 3. The number of nitrogens with zero attached hydrogens (tertiary/aromatic N) is 1. The number of nitrogens with one attached hydrogen (secondary N) is 1. The van der Waals surface area contributed by atoms with Gasteiger partial charge in [0.2, 0.25) is 7.23 Å². The van der Waals surface area contributed by atoms with Crippen LogP contribution < -0.4 is 11.2 Å². The molecule has 0 aromatic carbocycles. The highest BCUT2D eigenvalue weighted by Gasteiger charge is 2.50. The molecule has 0 saturated carbocycles. The molecule has 0 bridgehead atoms. The van der Waals surface area contributed by atoms with Crippen LogP contribution in [0.15, 0.2) is 15.8 Å². The molecule has 6 atom stereocenters. The Hall–Kier alpha value is -0.940. The molecule has 1 fully saturated rings. The first-order valence-corrected chi connectivity index (χ1v) is 10.5. The minimum Gasteiger partial charge on any atom is -0.391 e. The largest absolute Gasteiger partial charge is 0.391 e. The van der Waals surface area contributed by atoms with E-state index in [1.165, 1.54) is 27.2 Å². The second-order valence-electron chi connectivity index (χ2n) is 5.89. The molecule has 10 nitrogen and oxygen atoms in total. The molecule has 12 heteroatoms. The van der Waals surface area contributed by atoms with Gasteiger partial charge >= 0.3 is 5.69 Å². The van der Waals surface area contributed by atoms with E-state index in [9.17, 15) is 19.3 Å². The molecule has 2 heterocycles. The summed E-state index contributed by atoms with van der Waals surface area (Å²) in [7, 11) is -1.18. The number of aryl methyl sites for hydroxylation is 1. The molecule has 0 radical (unpaired) electrons. The Balaban J connectivity index is 2.44. The third-order valence-corrected chi connectivity index (χ3v) is 4.75. The number of aromatic nitrogens is 2. The molecule has 148 valence electrons. The number of rotatable bonds is 8. The Kier molecular flexibility index (Phi) is 7.65. The van der Waals surface area contributed by atoms with E-state index in [1.54, 1.807) is 0 Å². The summed E-state index contributed by atoms with van der Waals surface area (Å²) in [5.41, 5.74) is -0.916. The van der Waals surface area contributed by atoms with Crippen LogP contribution in [0.3, 0.4) is 0 Å². The fraction of sp³-hybridized carbons (Fsp3) is 0.714. The van der Waals surface area contributed by atoms with E-state index in [0.29, 0.717) is 5.56 Å². The third-order valence-electron chi connectivity index (χ3n) is 3.96. The first-order valence-electron chi connectivity index (χ1n) is 7.92. The highest BCUT2D eigenvalue weighted by atomic mass is 32.7. The van der Waals surface area contributed by atoms with E-state index < -0.39 is 49.1 Å². The van der Waals surface area contributed by atoms with Crippen LogP contribution in [0.25, 0.3) is 0 Å². The lowest BCUT2D eigenvalue weighted by molar-refractivity contribution is -0.0902. The van der Waals surface area contributed by atoms with E-state index in [4.69, 9.17) is 18.7 Å². The predicted molar refractivity (Wildman–Crippen MR) is 96.1 cm³/mol. The van der Waals surface area contributed by atoms with Crippen LogP contribution in [0.1, 0.15) is 18.7 Å². The Bertz CT molecular complexity index is 751. The summed E-state index contributed by atoms with van der Waals surface area (Å²) in [5.74, 6) is 0. The highest BCUT2D eigenvalue weighted by molar-refractivity contribution is 8.39. The molecule has 1 aliphatic heterocycles. The monoisotopic (exact) mass is 410 g/mol. The van der Waals surface area contributed by atoms with Gasteiger partial charge in [-0.25, -0.2) is 4.79 Å². The zero-order valence-electron chi connectivity index (χ0n) is 14.6. The average molecular weight is 410 g/mol. The summed E-state index contributed by atoms with van der Waals surface area (Å²) in [6.07, 6.45) is -3.38. The van der Waals surface area contributed by atoms with Gasteiger partial charge < -0.3 is 23.8 Å². The minimum absolute atomic E-state index is 0.151. The molecule has 1 aromatic heterocycles. The Morgan fingerprint density at radius 1 is 1.42 bits per heavy atom. The molecule has 1 saturated heterocycles. The smallest absolute Gasteiger partial charge is 0.330 e. The lowest BCUT2D eigenvalue weighted by Gasteiger charge is -2.25. The van der Waals surface area contributed by atoms with Gasteiger partial charge in [0.1, 0.15) is 18.3 Å². The molecule has 2 rings (SSSR count). The number of hydrogen-bond acceptors (Lipinski definition) is 8. The summed E-state index contributed by atoms with van der Waals surface area (Å²) < 4.78 is 34.5. The zero-order chi connectivity index (χ0) is 19.4. The van der Waals surface area contributed by atoms with Crippen molar-refractivity contribution in [3.8, 4) is 0 Å². The maximum atomic E-state index is 12.2. The lowest BCUT2D eigenvalue weighted by atomic mass is 10.1. The number of H-pyrrole nitrogens is 1. The van der Waals surface area contributed by atoms with E-state index in [2.05, 4.69) is 17.2 Å². The van der Waals surface area contributed by atoms with Gasteiger partial charge in [0.15, 0.2) is 6.23 Å². The van der Waals surface area contributed by atoms with Crippen molar-refractivity contribution >= 4 is 19.5 Å². The maximum Gasteiger partial charge on any atom is 0.330 e. The van der Waals surface area contributed by atoms with E-state index >= 15 is 0 Å². The van der Waals surface area contributed by atoms with Gasteiger partial charge in [-0.1, -0.05) is 12.2 Å². The zero-order valence-corrected chi connectivity index (χ0v) is 16.5. The lowest BCUT2D eigenvalue weighted by Crippen LogP contribution is -2.41. The number of aromatic amines is 1. The van der Waals surface area contributed by atoms with E-state index in [-0.39, 0.29) is 13.2 Å². The van der Waals surface area contributed by atoms with Crippen molar-refractivity contribution in [2.45, 2.75) is 44.5 Å². The third kappa shape index (κ3) is 4.86. The van der Waals surface area contributed by atoms with Gasteiger partial charge in [0.25, 0.3) is 5.56 Å². The SMILES string of the molecule is COCCOC1C(O[PH](=O)S)[C@@H]([C@@H](C)O)O[C@H]1n1cc(C)c(=O)[nH]c1=O. The Morgan fingerprint density at radius 2 is 2.12 bits per heavy atom. The van der Waals surface area contributed by atoms with Crippen LogP contribution in [0.2, 0.25) is 0 Å². The van der Waals surface area contributed by atoms with Gasteiger partial charge in [-0.05, 0) is 13.8 Å². The molecule has 0 aliphatic carbocycles. The fourth-order valence-electron chi connectivity index (χ4n) is 2.75. The van der Waals surface area contributed by atoms with Crippen LogP contribution in [0.4, 0.5) is 0 Å². The Morgan fingerprint density at radius 3 is 2.69 bits per heavy atom. The molecule has 26 heavy (non-hydrogen) atoms. The van der Waals surface area contributed by atoms with Crippen molar-refractivity contribution in [1.29, 1.82) is 0 Å². The molecule has 0 spiro atoms. The second-order valence-corrected chi connectivity index (χ2v) is 7.75. The molecule has 1 aromatic rings. The van der Waals surface area contributed by atoms with Crippen LogP contribution in [0, 0.1) is 6.92 Å². The molecule has 0 amide bonds. The number of thiol groups is 1. The van der Waals surface area contributed by atoms with Crippen molar-refractivity contribution in [2.75, 3.05) is 20.3 Å². The van der Waals surface area contributed by atoms with Crippen LogP contribution in [-0.2, 0) is 23.3 Å². The second kappa shape index (κ2) is 9.32. The van der Waals surface area contributed by atoms with E-state index in [1.807, 2.05) is 0 Å². The molecule has 1 aliphatic rings. The van der Waals surface area contributed by atoms with Crippen LogP contribution in [0.5, 0.6) is 0 Å². The maximum absolute atomic E-state index is 12.2. The summed E-state index contributed by atoms with van der Waals surface area (Å²) in [4.78, 5) is 26.0. The molecule has 3 unspecified atom stereocenters. The van der Waals surface area contributed by atoms with Gasteiger partial charge in [0, 0.05) is 18.9 Å². The van der Waals surface area contributed by atoms with Gasteiger partial charge in [0.05, 0.1) is 19.3 Å². The first-order chi connectivity index (χ1) is 12.3. The quantitative estimate of drug-likeness (QED) is 0.307. The van der Waals surface area contributed by atoms with Crippen LogP contribution >= 0.6 is 19.5 Å². The van der Waals surface area contributed by atoms with Gasteiger partial charge in [-0.2, -0.15) is 0 Å². The van der Waals surface area contributed by atoms with Crippen molar-refractivity contribution in [3.63, 3.8) is 0 Å². The molecular formula is C14H23N2O8PS. The van der Waals surface area contributed by atoms with Crippen molar-refractivity contribution in [2.24, 2.45) is 0 Å². The summed E-state index contributed by atoms with van der Waals surface area (Å²) in [6.45, 7) is 3.44. The predicted octanol–water partition coefficient (Wildman–Crippen LogP) is -0.140. The number of aliphatic hydroxyl groups is 1. The topological polar surface area (TPSA) is 129 Å². The standard InChI is InChI=1S/C14H23N2O8PS/c1-7-6-16(14(19)15-12(7)18)13-11(22-5-4-21-3)10(24-25(20)26)9(23-13)8(2)17/h6,8-11,13,17,25H,4-5H2,1-3H3,(H,20,26)(H,15,18,19)/t8-,9-,10?,11?,13-/m1/s1. The number of aliphatic hydroxyl groups excluding tert-OH is 1. The first kappa shape index (κ1) is 21.4. The van der Waals surface area contributed by atoms with Crippen molar-refractivity contribution in [3.05, 3.63) is 32.6 Å². The fourth-order valence-corrected chi connectivity index (χ4v) is 3.61. The van der Waals surface area contributed by atoms with Crippen LogP contribution in [-0.4, -0.2) is 59.4 Å². The summed E-state index contributed by atoms with van der Waals surface area (Å²) >= 11 is 3.79. The van der Waals surface area contributed by atoms with Gasteiger partial charge in [-0.3, -0.25) is 18.9 Å². The molecule has 2 N–H and O–H groups in total. The van der Waals surface area contributed by atoms with Crippen molar-refractivity contribution in [1.82, 2.24) is 9.55 Å².